The summed E-state index contributed by atoms with van der Waals surface area (Å²) in [4.78, 5) is 49.1. The summed E-state index contributed by atoms with van der Waals surface area (Å²) in [5.41, 5.74) is 0.557. The molecule has 0 aliphatic rings. The molecule has 0 saturated heterocycles. The third kappa shape index (κ3) is 5.97. The number of aliphatic imine (C=N–C) groups is 1. The predicted molar refractivity (Wildman–Crippen MR) is 115 cm³/mol. The molecule has 0 unspecified atom stereocenters. The van der Waals surface area contributed by atoms with Gasteiger partial charge in [-0.05, 0) is 29.3 Å². The lowest BCUT2D eigenvalue weighted by Crippen LogP contribution is -2.40. The second kappa shape index (κ2) is 10.4. The molecule has 0 aliphatic carbocycles. The van der Waals surface area contributed by atoms with Gasteiger partial charge < -0.3 is 9.84 Å². The van der Waals surface area contributed by atoms with Crippen molar-refractivity contribution in [1.82, 2.24) is 14.7 Å². The second-order valence-corrected chi connectivity index (χ2v) is 6.63. The Labute approximate surface area is 190 Å². The van der Waals surface area contributed by atoms with Crippen molar-refractivity contribution < 1.29 is 29.3 Å². The average Bonchev–Trinajstić information content (AvgIpc) is 3.35. The van der Waals surface area contributed by atoms with Crippen molar-refractivity contribution in [2.24, 2.45) is 4.99 Å². The van der Waals surface area contributed by atoms with Gasteiger partial charge in [-0.1, -0.05) is 12.1 Å². The summed E-state index contributed by atoms with van der Waals surface area (Å²) in [6.45, 7) is -0.552. The molecule has 14 heteroatoms. The number of hydrogen-bond donors (Lipinski definition) is 1. The summed E-state index contributed by atoms with van der Waals surface area (Å²) in [5, 5.41) is 35.2. The average molecular weight is 468 g/mol. The normalized spacial score (nSPS) is 11.0. The van der Waals surface area contributed by atoms with Crippen LogP contribution in [-0.4, -0.2) is 47.8 Å². The molecule has 0 aliphatic heterocycles. The molecule has 2 aromatic carbocycles. The lowest BCUT2D eigenvalue weighted by atomic mass is 10.2. The zero-order valence-corrected chi connectivity index (χ0v) is 17.3. The Hall–Kier alpha value is -5.14. The van der Waals surface area contributed by atoms with Gasteiger partial charge in [0.1, 0.15) is 6.61 Å². The smallest absolute Gasteiger partial charge is 0.437 e. The number of aromatic nitrogens is 2. The highest BCUT2D eigenvalue weighted by Crippen LogP contribution is 2.15. The molecule has 3 rings (SSSR count). The van der Waals surface area contributed by atoms with Crippen molar-refractivity contribution in [1.29, 1.82) is 0 Å². The molecule has 0 saturated carbocycles. The van der Waals surface area contributed by atoms with E-state index in [0.29, 0.717) is 11.1 Å². The molecule has 174 valence electrons. The molecule has 0 spiro atoms. The monoisotopic (exact) mass is 468 g/mol. The van der Waals surface area contributed by atoms with Gasteiger partial charge in [0.2, 0.25) is 5.96 Å². The van der Waals surface area contributed by atoms with Crippen molar-refractivity contribution in [3.05, 3.63) is 98.3 Å². The highest BCUT2D eigenvalue weighted by molar-refractivity contribution is 5.99. The van der Waals surface area contributed by atoms with Gasteiger partial charge in [-0.2, -0.15) is 5.10 Å². The zero-order valence-electron chi connectivity index (χ0n) is 17.3. The molecule has 1 N–H and O–H groups in total. The fourth-order valence-electron chi connectivity index (χ4n) is 2.72. The quantitative estimate of drug-likeness (QED) is 0.245. The maximum atomic E-state index is 12.3. The molecule has 0 atom stereocenters. The Bertz CT molecular complexity index is 1220. The van der Waals surface area contributed by atoms with Crippen LogP contribution < -0.4 is 0 Å². The molecular weight excluding hydrogens is 452 g/mol. The number of carboxylic acid groups (broad SMARTS) is 1. The molecule has 34 heavy (non-hydrogen) atoms. The van der Waals surface area contributed by atoms with Crippen LogP contribution >= 0.6 is 0 Å². The Kier molecular flexibility index (Phi) is 7.23. The SMILES string of the molecule is O=C(/N=C(\N(Cc1ccc([N+](=O)[O-])cc1)C(=O)O)n1cccn1)OCc1ccc([N+](=O)[O-])cc1. The van der Waals surface area contributed by atoms with Gasteiger partial charge in [0, 0.05) is 36.7 Å². The molecule has 1 heterocycles. The Morgan fingerprint density at radius 1 is 1.00 bits per heavy atom. The summed E-state index contributed by atoms with van der Waals surface area (Å²) in [6.07, 6.45) is 0.132. The fraction of sp³-hybridized carbons (Fsp3) is 0.100. The molecule has 0 fully saturated rings. The van der Waals surface area contributed by atoms with Crippen LogP contribution in [0.1, 0.15) is 11.1 Å². The van der Waals surface area contributed by atoms with Gasteiger partial charge in [0.15, 0.2) is 0 Å². The summed E-state index contributed by atoms with van der Waals surface area (Å²) < 4.78 is 6.10. The number of hydrogen-bond acceptors (Lipinski definition) is 8. The first-order chi connectivity index (χ1) is 16.2. The molecule has 1 aromatic heterocycles. The number of nitro benzene ring substituents is 2. The Morgan fingerprint density at radius 3 is 2.03 bits per heavy atom. The molecule has 14 nitrogen and oxygen atoms in total. The van der Waals surface area contributed by atoms with E-state index in [1.54, 1.807) is 0 Å². The number of rotatable bonds is 6. The van der Waals surface area contributed by atoms with E-state index in [-0.39, 0.29) is 30.5 Å². The van der Waals surface area contributed by atoms with E-state index < -0.39 is 22.0 Å². The molecule has 3 aromatic rings. The van der Waals surface area contributed by atoms with Crippen molar-refractivity contribution in [3.8, 4) is 0 Å². The standard InChI is InChI=1S/C20H16N6O8/c27-19(34-13-15-4-8-17(9-5-15)26(32)33)22-18(24-11-1-10-21-24)23(20(28)29)12-14-2-6-16(7-3-14)25(30)31/h1-11H,12-13H2,(H,28,29)/b22-18+. The van der Waals surface area contributed by atoms with Gasteiger partial charge in [-0.15, -0.1) is 4.99 Å². The molecule has 0 bridgehead atoms. The van der Waals surface area contributed by atoms with Crippen LogP contribution in [0, 0.1) is 20.2 Å². The lowest BCUT2D eigenvalue weighted by molar-refractivity contribution is -0.385. The predicted octanol–water partition coefficient (Wildman–Crippen LogP) is 3.42. The summed E-state index contributed by atoms with van der Waals surface area (Å²) in [5.74, 6) is -0.385. The number of carbonyl (C=O) groups is 2. The van der Waals surface area contributed by atoms with Crippen LogP contribution in [0.25, 0.3) is 0 Å². The minimum atomic E-state index is -1.46. The van der Waals surface area contributed by atoms with Crippen molar-refractivity contribution >= 4 is 29.5 Å². The summed E-state index contributed by atoms with van der Waals surface area (Å²) in [6, 6.07) is 12.0. The van der Waals surface area contributed by atoms with E-state index in [1.807, 2.05) is 0 Å². The van der Waals surface area contributed by atoms with Crippen molar-refractivity contribution in [2.75, 3.05) is 0 Å². The number of ether oxygens (including phenoxy) is 1. The van der Waals surface area contributed by atoms with Crippen LogP contribution in [0.5, 0.6) is 0 Å². The van der Waals surface area contributed by atoms with E-state index in [4.69, 9.17) is 4.74 Å². The van der Waals surface area contributed by atoms with E-state index in [2.05, 4.69) is 10.1 Å². The number of benzene rings is 2. The number of carbonyl (C=O) groups excluding carboxylic acids is 1. The van der Waals surface area contributed by atoms with Crippen molar-refractivity contribution in [3.63, 3.8) is 0 Å². The topological polar surface area (TPSA) is 183 Å². The number of nitrogens with zero attached hydrogens (tertiary/aromatic N) is 6. The van der Waals surface area contributed by atoms with Gasteiger partial charge in [0.05, 0.1) is 16.4 Å². The Balaban J connectivity index is 1.80. The van der Waals surface area contributed by atoms with Crippen LogP contribution in [0.4, 0.5) is 21.0 Å². The van der Waals surface area contributed by atoms with Crippen LogP contribution in [0.3, 0.4) is 0 Å². The highest BCUT2D eigenvalue weighted by atomic mass is 16.6. The van der Waals surface area contributed by atoms with Gasteiger partial charge in [0.25, 0.3) is 11.4 Å². The van der Waals surface area contributed by atoms with E-state index in [1.165, 1.54) is 67.0 Å². The number of amides is 2. The minimum absolute atomic E-state index is 0.127. The van der Waals surface area contributed by atoms with Crippen LogP contribution in [-0.2, 0) is 17.9 Å². The van der Waals surface area contributed by atoms with Gasteiger partial charge in [-0.3, -0.25) is 20.2 Å². The van der Waals surface area contributed by atoms with Crippen molar-refractivity contribution in [2.45, 2.75) is 13.2 Å². The molecular formula is C20H16N6O8. The largest absolute Gasteiger partial charge is 0.465 e. The first kappa shape index (κ1) is 23.5. The van der Waals surface area contributed by atoms with E-state index in [9.17, 15) is 34.9 Å². The highest BCUT2D eigenvalue weighted by Gasteiger charge is 2.23. The van der Waals surface area contributed by atoms with Crippen LogP contribution in [0.2, 0.25) is 0 Å². The third-order valence-corrected chi connectivity index (χ3v) is 4.37. The maximum absolute atomic E-state index is 12.3. The Morgan fingerprint density at radius 2 is 1.56 bits per heavy atom. The van der Waals surface area contributed by atoms with E-state index >= 15 is 0 Å². The fourth-order valence-corrected chi connectivity index (χ4v) is 2.72. The summed E-state index contributed by atoms with van der Waals surface area (Å²) >= 11 is 0. The number of nitro groups is 2. The zero-order chi connectivity index (χ0) is 24.7. The first-order valence-electron chi connectivity index (χ1n) is 9.47. The second-order valence-electron chi connectivity index (χ2n) is 6.63. The minimum Gasteiger partial charge on any atom is -0.465 e. The molecule has 2 amide bonds. The van der Waals surface area contributed by atoms with Gasteiger partial charge in [-0.25, -0.2) is 19.2 Å². The van der Waals surface area contributed by atoms with E-state index in [0.717, 1.165) is 9.58 Å². The third-order valence-electron chi connectivity index (χ3n) is 4.37. The van der Waals surface area contributed by atoms with Crippen LogP contribution in [0.15, 0.2) is 72.0 Å². The maximum Gasteiger partial charge on any atom is 0.437 e. The summed E-state index contributed by atoms with van der Waals surface area (Å²) in [7, 11) is 0. The molecule has 0 radical (unpaired) electrons. The lowest BCUT2D eigenvalue weighted by Gasteiger charge is -2.20. The number of non-ortho nitro benzene ring substituents is 2. The first-order valence-corrected chi connectivity index (χ1v) is 9.47. The van der Waals surface area contributed by atoms with Gasteiger partial charge >= 0.3 is 12.2 Å².